The van der Waals surface area contributed by atoms with Gasteiger partial charge in [-0.25, -0.2) is 0 Å². The molecule has 0 spiro atoms. The largest absolute Gasteiger partial charge is 0.490 e. The molecule has 0 fully saturated rings. The van der Waals surface area contributed by atoms with Gasteiger partial charge in [-0.3, -0.25) is 4.79 Å². The number of ether oxygens (including phenoxy) is 2. The van der Waals surface area contributed by atoms with Gasteiger partial charge in [-0.15, -0.1) is 0 Å². The van der Waals surface area contributed by atoms with E-state index >= 15 is 0 Å². The molecule has 26 heavy (non-hydrogen) atoms. The fraction of sp³-hybridized carbons (Fsp3) is 0.316. The van der Waals surface area contributed by atoms with E-state index in [2.05, 4.69) is 5.32 Å². The summed E-state index contributed by atoms with van der Waals surface area (Å²) in [4.78, 5) is 13.4. The van der Waals surface area contributed by atoms with Gasteiger partial charge in [0.15, 0.2) is 18.0 Å². The molecule has 1 unspecified atom stereocenters. The second-order valence-electron chi connectivity index (χ2n) is 6.32. The zero-order valence-electron chi connectivity index (χ0n) is 14.5. The molecule has 2 aromatic rings. The number of hydrogen-bond donors (Lipinski definition) is 2. The van der Waals surface area contributed by atoms with Gasteiger partial charge in [0.2, 0.25) is 0 Å². The van der Waals surface area contributed by atoms with Gasteiger partial charge in [0.05, 0.1) is 30.3 Å². The molecule has 138 valence electrons. The van der Waals surface area contributed by atoms with Crippen LogP contribution in [0.3, 0.4) is 0 Å². The Labute approximate surface area is 162 Å². The Morgan fingerprint density at radius 2 is 1.85 bits per heavy atom. The number of hydrogen-bond acceptors (Lipinski definition) is 3. The van der Waals surface area contributed by atoms with Gasteiger partial charge in [-0.2, -0.15) is 0 Å². The van der Waals surface area contributed by atoms with E-state index in [4.69, 9.17) is 32.7 Å². The number of anilines is 1. The molecular formula is C19H21Cl2N2O3+. The number of benzene rings is 2. The number of quaternary nitrogens is 1. The average Bonchev–Trinajstić information content (AvgIpc) is 2.83. The van der Waals surface area contributed by atoms with Crippen molar-refractivity contribution >= 4 is 34.8 Å². The van der Waals surface area contributed by atoms with Crippen LogP contribution in [-0.4, -0.2) is 32.7 Å². The van der Waals surface area contributed by atoms with Crippen LogP contribution in [0.25, 0.3) is 0 Å². The first-order valence-corrected chi connectivity index (χ1v) is 9.21. The van der Waals surface area contributed by atoms with Crippen molar-refractivity contribution in [2.45, 2.75) is 13.0 Å². The van der Waals surface area contributed by atoms with Crippen LogP contribution in [0.1, 0.15) is 12.0 Å². The lowest BCUT2D eigenvalue weighted by atomic mass is 10.2. The van der Waals surface area contributed by atoms with Gasteiger partial charge in [0.1, 0.15) is 6.54 Å². The number of carbonyl (C=O) groups excluding carboxylic acids is 1. The molecular weight excluding hydrogens is 375 g/mol. The molecule has 3 rings (SSSR count). The number of carbonyl (C=O) groups is 1. The summed E-state index contributed by atoms with van der Waals surface area (Å²) >= 11 is 12.0. The van der Waals surface area contributed by atoms with Crippen molar-refractivity contribution in [3.8, 4) is 11.5 Å². The Bertz CT molecular complexity index is 798. The molecule has 5 nitrogen and oxygen atoms in total. The molecule has 0 bridgehead atoms. The summed E-state index contributed by atoms with van der Waals surface area (Å²) < 4.78 is 11.2. The predicted octanol–water partition coefficient (Wildman–Crippen LogP) is 2.81. The smallest absolute Gasteiger partial charge is 0.279 e. The molecule has 1 aliphatic heterocycles. The third-order valence-electron chi connectivity index (χ3n) is 3.98. The van der Waals surface area contributed by atoms with E-state index in [1.54, 1.807) is 12.1 Å². The molecule has 2 N–H and O–H groups in total. The lowest BCUT2D eigenvalue weighted by Gasteiger charge is -2.15. The highest BCUT2D eigenvalue weighted by molar-refractivity contribution is 6.42. The van der Waals surface area contributed by atoms with Crippen LogP contribution >= 0.6 is 23.2 Å². The number of likely N-dealkylation sites (N-methyl/N-ethyl adjacent to an activating group) is 1. The molecule has 0 saturated carbocycles. The number of rotatable bonds is 5. The summed E-state index contributed by atoms with van der Waals surface area (Å²) in [6.45, 7) is 2.25. The second kappa shape index (κ2) is 8.62. The van der Waals surface area contributed by atoms with Gasteiger partial charge >= 0.3 is 0 Å². The van der Waals surface area contributed by atoms with Crippen LogP contribution in [0.2, 0.25) is 10.0 Å². The third-order valence-corrected chi connectivity index (χ3v) is 4.72. The molecule has 0 saturated heterocycles. The Morgan fingerprint density at radius 1 is 1.08 bits per heavy atom. The number of amides is 1. The zero-order chi connectivity index (χ0) is 18.5. The molecule has 1 heterocycles. The van der Waals surface area contributed by atoms with Crippen molar-refractivity contribution in [1.29, 1.82) is 0 Å². The lowest BCUT2D eigenvalue weighted by molar-refractivity contribution is -0.885. The standard InChI is InChI=1S/C19H20Cl2N2O3/c1-23(11-13-3-5-15(20)16(21)9-13)12-19(24)22-14-4-6-17-18(10-14)26-8-2-7-25-17/h3-6,9-10H,2,7-8,11-12H2,1H3,(H,22,24)/p+1. The normalized spacial score (nSPS) is 14.4. The Balaban J connectivity index is 1.56. The molecule has 0 aliphatic carbocycles. The van der Waals surface area contributed by atoms with Crippen molar-refractivity contribution < 1.29 is 19.2 Å². The van der Waals surface area contributed by atoms with E-state index in [0.29, 0.717) is 53.5 Å². The van der Waals surface area contributed by atoms with Gasteiger partial charge in [0.25, 0.3) is 5.91 Å². The van der Waals surface area contributed by atoms with E-state index in [1.807, 2.05) is 31.3 Å². The highest BCUT2D eigenvalue weighted by atomic mass is 35.5. The first-order valence-electron chi connectivity index (χ1n) is 8.46. The van der Waals surface area contributed by atoms with E-state index in [-0.39, 0.29) is 5.91 Å². The van der Waals surface area contributed by atoms with Gasteiger partial charge in [-0.1, -0.05) is 29.3 Å². The molecule has 7 heteroatoms. The number of halogens is 2. The average molecular weight is 396 g/mol. The monoisotopic (exact) mass is 395 g/mol. The fourth-order valence-corrected chi connectivity index (χ4v) is 3.10. The minimum atomic E-state index is -0.0722. The summed E-state index contributed by atoms with van der Waals surface area (Å²) in [5.74, 6) is 1.30. The summed E-state index contributed by atoms with van der Waals surface area (Å²) in [5.41, 5.74) is 1.72. The van der Waals surface area contributed by atoms with E-state index in [0.717, 1.165) is 16.9 Å². The fourth-order valence-electron chi connectivity index (χ4n) is 2.78. The summed E-state index contributed by atoms with van der Waals surface area (Å²) in [6, 6.07) is 11.0. The van der Waals surface area contributed by atoms with Crippen molar-refractivity contribution in [3.63, 3.8) is 0 Å². The van der Waals surface area contributed by atoms with Crippen molar-refractivity contribution in [1.82, 2.24) is 0 Å². The van der Waals surface area contributed by atoms with Crippen LogP contribution in [0, 0.1) is 0 Å². The third kappa shape index (κ3) is 5.04. The van der Waals surface area contributed by atoms with Crippen molar-refractivity contribution in [3.05, 3.63) is 52.0 Å². The van der Waals surface area contributed by atoms with Gasteiger partial charge < -0.3 is 19.7 Å². The van der Waals surface area contributed by atoms with Crippen LogP contribution in [0.4, 0.5) is 5.69 Å². The summed E-state index contributed by atoms with van der Waals surface area (Å²) in [5, 5.41) is 3.96. The zero-order valence-corrected chi connectivity index (χ0v) is 16.0. The van der Waals surface area contributed by atoms with Crippen molar-refractivity contribution in [2.75, 3.05) is 32.1 Å². The maximum Gasteiger partial charge on any atom is 0.279 e. The molecule has 0 radical (unpaired) electrons. The maximum absolute atomic E-state index is 12.3. The topological polar surface area (TPSA) is 52.0 Å². The Kier molecular flexibility index (Phi) is 6.25. The van der Waals surface area contributed by atoms with Gasteiger partial charge in [-0.05, 0) is 24.3 Å². The lowest BCUT2D eigenvalue weighted by Crippen LogP contribution is -3.08. The van der Waals surface area contributed by atoms with Crippen LogP contribution in [-0.2, 0) is 11.3 Å². The number of nitrogens with one attached hydrogen (secondary N) is 2. The van der Waals surface area contributed by atoms with Crippen LogP contribution in [0.5, 0.6) is 11.5 Å². The minimum absolute atomic E-state index is 0.0722. The summed E-state index contributed by atoms with van der Waals surface area (Å²) in [7, 11) is 1.95. The minimum Gasteiger partial charge on any atom is -0.490 e. The van der Waals surface area contributed by atoms with E-state index in [9.17, 15) is 4.79 Å². The quantitative estimate of drug-likeness (QED) is 0.818. The molecule has 1 aliphatic rings. The Hall–Kier alpha value is -1.95. The molecule has 2 aromatic carbocycles. The maximum atomic E-state index is 12.3. The SMILES string of the molecule is C[NH+](CC(=O)Nc1ccc2c(c1)OCCCO2)Cc1ccc(Cl)c(Cl)c1. The molecule has 0 aromatic heterocycles. The highest BCUT2D eigenvalue weighted by Crippen LogP contribution is 2.32. The first kappa shape index (κ1) is 18.8. The van der Waals surface area contributed by atoms with E-state index in [1.165, 1.54) is 0 Å². The van der Waals surface area contributed by atoms with Crippen LogP contribution in [0.15, 0.2) is 36.4 Å². The first-order chi connectivity index (χ1) is 12.5. The number of fused-ring (bicyclic) bond motifs is 1. The van der Waals surface area contributed by atoms with Crippen molar-refractivity contribution in [2.24, 2.45) is 0 Å². The van der Waals surface area contributed by atoms with Gasteiger partial charge in [0, 0.05) is 23.7 Å². The molecule has 1 amide bonds. The van der Waals surface area contributed by atoms with E-state index < -0.39 is 0 Å². The van der Waals surface area contributed by atoms with Crippen LogP contribution < -0.4 is 19.7 Å². The second-order valence-corrected chi connectivity index (χ2v) is 7.13. The highest BCUT2D eigenvalue weighted by Gasteiger charge is 2.14. The predicted molar refractivity (Wildman–Crippen MR) is 103 cm³/mol. The molecule has 1 atom stereocenters. The summed E-state index contributed by atoms with van der Waals surface area (Å²) in [6.07, 6.45) is 0.846. The Morgan fingerprint density at radius 3 is 2.62 bits per heavy atom.